The van der Waals surface area contributed by atoms with Crippen molar-refractivity contribution in [3.05, 3.63) is 30.1 Å². The number of amides is 1. The third-order valence-electron chi connectivity index (χ3n) is 5.59. The summed E-state index contributed by atoms with van der Waals surface area (Å²) in [5, 5.41) is 12.9. The molecule has 0 aliphatic carbocycles. The van der Waals surface area contributed by atoms with Crippen LogP contribution < -0.4 is 10.2 Å². The Morgan fingerprint density at radius 2 is 2.00 bits per heavy atom. The van der Waals surface area contributed by atoms with Crippen molar-refractivity contribution in [2.75, 3.05) is 31.6 Å². The molecular weight excluding hydrogens is 340 g/mol. The molecule has 140 valence electrons. The van der Waals surface area contributed by atoms with Gasteiger partial charge in [-0.3, -0.25) is 14.8 Å². The summed E-state index contributed by atoms with van der Waals surface area (Å²) >= 11 is 0. The van der Waals surface area contributed by atoms with Crippen molar-refractivity contribution in [2.24, 2.45) is 5.92 Å². The number of piperidine rings is 1. The van der Waals surface area contributed by atoms with Crippen LogP contribution in [0.25, 0.3) is 11.0 Å². The zero-order valence-corrected chi connectivity index (χ0v) is 15.7. The van der Waals surface area contributed by atoms with Gasteiger partial charge in [-0.1, -0.05) is 6.92 Å². The Kier molecular flexibility index (Phi) is 4.66. The van der Waals surface area contributed by atoms with Gasteiger partial charge in [-0.15, -0.1) is 0 Å². The van der Waals surface area contributed by atoms with Crippen molar-refractivity contribution in [2.45, 2.75) is 31.8 Å². The SMILES string of the molecule is C[C@H]1C[C@@H](NC2CCN(C)C2=O)CN(c2ccc(C#N)c3nccnc23)C1. The molecule has 1 amide bonds. The lowest BCUT2D eigenvalue weighted by molar-refractivity contribution is -0.128. The highest BCUT2D eigenvalue weighted by Gasteiger charge is 2.33. The van der Waals surface area contributed by atoms with Crippen molar-refractivity contribution in [3.63, 3.8) is 0 Å². The first-order valence-electron chi connectivity index (χ1n) is 9.46. The van der Waals surface area contributed by atoms with Gasteiger partial charge >= 0.3 is 0 Å². The lowest BCUT2D eigenvalue weighted by Gasteiger charge is -2.39. The maximum atomic E-state index is 12.3. The van der Waals surface area contributed by atoms with E-state index >= 15 is 0 Å². The Balaban J connectivity index is 1.60. The highest BCUT2D eigenvalue weighted by atomic mass is 16.2. The number of likely N-dealkylation sites (N-methyl/N-ethyl adjacent to an activating group) is 1. The molecule has 27 heavy (non-hydrogen) atoms. The molecule has 4 rings (SSSR count). The number of carbonyl (C=O) groups excluding carboxylic acids is 1. The average Bonchev–Trinajstić information content (AvgIpc) is 2.98. The van der Waals surface area contributed by atoms with Gasteiger partial charge in [0, 0.05) is 45.1 Å². The predicted molar refractivity (Wildman–Crippen MR) is 103 cm³/mol. The molecule has 1 aromatic carbocycles. The third-order valence-corrected chi connectivity index (χ3v) is 5.59. The standard InChI is InChI=1S/C20H24N6O/c1-13-9-15(24-16-5-8-25(2)20(16)27)12-26(11-13)17-4-3-14(10-21)18-19(17)23-7-6-22-18/h3-4,6-7,13,15-16,24H,5,8-9,11-12H2,1-2H3/t13-,15+,16?/m0/s1. The number of rotatable bonds is 3. The summed E-state index contributed by atoms with van der Waals surface area (Å²) in [6, 6.07) is 6.16. The first kappa shape index (κ1) is 17.7. The van der Waals surface area contributed by atoms with Crippen LogP contribution in [0.3, 0.4) is 0 Å². The van der Waals surface area contributed by atoms with E-state index in [1.807, 2.05) is 19.2 Å². The van der Waals surface area contributed by atoms with Gasteiger partial charge in [0.2, 0.25) is 5.91 Å². The van der Waals surface area contributed by atoms with Crippen LogP contribution in [-0.2, 0) is 4.79 Å². The maximum absolute atomic E-state index is 12.3. The second kappa shape index (κ2) is 7.12. The molecule has 0 spiro atoms. The molecule has 3 heterocycles. The summed E-state index contributed by atoms with van der Waals surface area (Å²) in [6.07, 6.45) is 5.21. The second-order valence-corrected chi connectivity index (χ2v) is 7.71. The van der Waals surface area contributed by atoms with E-state index in [9.17, 15) is 10.1 Å². The largest absolute Gasteiger partial charge is 0.368 e. The third kappa shape index (κ3) is 3.33. The monoisotopic (exact) mass is 364 g/mol. The highest BCUT2D eigenvalue weighted by Crippen LogP contribution is 2.30. The van der Waals surface area contributed by atoms with Crippen LogP contribution in [0.4, 0.5) is 5.69 Å². The Morgan fingerprint density at radius 3 is 2.70 bits per heavy atom. The normalized spacial score (nSPS) is 25.8. The number of benzene rings is 1. The highest BCUT2D eigenvalue weighted by molar-refractivity contribution is 5.92. The molecule has 1 unspecified atom stereocenters. The lowest BCUT2D eigenvalue weighted by Crippen LogP contribution is -2.53. The van der Waals surface area contributed by atoms with Crippen LogP contribution in [0.15, 0.2) is 24.5 Å². The number of carbonyl (C=O) groups is 1. The van der Waals surface area contributed by atoms with Gasteiger partial charge in [0.05, 0.1) is 17.3 Å². The lowest BCUT2D eigenvalue weighted by atomic mass is 9.94. The Morgan fingerprint density at radius 1 is 1.22 bits per heavy atom. The molecular formula is C20H24N6O. The molecule has 1 aromatic heterocycles. The van der Waals surface area contributed by atoms with E-state index in [-0.39, 0.29) is 18.0 Å². The molecule has 7 nitrogen and oxygen atoms in total. The Hall–Kier alpha value is -2.72. The smallest absolute Gasteiger partial charge is 0.239 e. The van der Waals surface area contributed by atoms with E-state index < -0.39 is 0 Å². The molecule has 1 N–H and O–H groups in total. The maximum Gasteiger partial charge on any atom is 0.239 e. The number of aromatic nitrogens is 2. The fourth-order valence-electron chi connectivity index (χ4n) is 4.32. The van der Waals surface area contributed by atoms with E-state index in [0.717, 1.165) is 43.7 Å². The van der Waals surface area contributed by atoms with E-state index in [0.29, 0.717) is 17.0 Å². The summed E-state index contributed by atoms with van der Waals surface area (Å²) in [6.45, 7) is 4.79. The molecule has 7 heteroatoms. The van der Waals surface area contributed by atoms with Crippen LogP contribution in [0.5, 0.6) is 0 Å². The van der Waals surface area contributed by atoms with Crippen LogP contribution >= 0.6 is 0 Å². The molecule has 0 bridgehead atoms. The minimum absolute atomic E-state index is 0.0790. The number of hydrogen-bond donors (Lipinski definition) is 1. The number of nitriles is 1. The number of fused-ring (bicyclic) bond motifs is 1. The minimum Gasteiger partial charge on any atom is -0.368 e. The molecule has 0 saturated carbocycles. The van der Waals surface area contributed by atoms with E-state index in [4.69, 9.17) is 0 Å². The van der Waals surface area contributed by atoms with Crippen molar-refractivity contribution in [3.8, 4) is 6.07 Å². The number of hydrogen-bond acceptors (Lipinski definition) is 6. The van der Waals surface area contributed by atoms with E-state index in [2.05, 4.69) is 33.2 Å². The fraction of sp³-hybridized carbons (Fsp3) is 0.500. The minimum atomic E-state index is -0.0790. The quantitative estimate of drug-likeness (QED) is 0.889. The Bertz CT molecular complexity index is 907. The second-order valence-electron chi connectivity index (χ2n) is 7.71. The summed E-state index contributed by atoms with van der Waals surface area (Å²) in [5.74, 6) is 0.683. The molecule has 3 atom stereocenters. The summed E-state index contributed by atoms with van der Waals surface area (Å²) in [7, 11) is 1.86. The Labute approximate surface area is 159 Å². The van der Waals surface area contributed by atoms with Gasteiger partial charge in [0.15, 0.2) is 0 Å². The van der Waals surface area contributed by atoms with E-state index in [1.165, 1.54) is 0 Å². The van der Waals surface area contributed by atoms with Gasteiger partial charge < -0.3 is 15.1 Å². The summed E-state index contributed by atoms with van der Waals surface area (Å²) in [4.78, 5) is 25.2. The van der Waals surface area contributed by atoms with Crippen LogP contribution in [0, 0.1) is 17.2 Å². The van der Waals surface area contributed by atoms with Crippen molar-refractivity contribution in [1.82, 2.24) is 20.2 Å². The van der Waals surface area contributed by atoms with Gasteiger partial charge in [-0.2, -0.15) is 5.26 Å². The van der Waals surface area contributed by atoms with Crippen LogP contribution in [0.2, 0.25) is 0 Å². The average molecular weight is 364 g/mol. The first-order chi connectivity index (χ1) is 13.1. The van der Waals surface area contributed by atoms with Gasteiger partial charge in [-0.05, 0) is 30.9 Å². The van der Waals surface area contributed by atoms with Crippen LogP contribution in [-0.4, -0.2) is 59.5 Å². The fourth-order valence-corrected chi connectivity index (χ4v) is 4.32. The summed E-state index contributed by atoms with van der Waals surface area (Å²) < 4.78 is 0. The number of nitrogens with one attached hydrogen (secondary N) is 1. The number of anilines is 1. The van der Waals surface area contributed by atoms with E-state index in [1.54, 1.807) is 17.3 Å². The van der Waals surface area contributed by atoms with Gasteiger partial charge in [0.1, 0.15) is 17.1 Å². The molecule has 2 fully saturated rings. The molecule has 2 aliphatic rings. The predicted octanol–water partition coefficient (Wildman–Crippen LogP) is 1.54. The number of nitrogens with zero attached hydrogens (tertiary/aromatic N) is 5. The molecule has 0 radical (unpaired) electrons. The molecule has 2 saturated heterocycles. The van der Waals surface area contributed by atoms with Crippen molar-refractivity contribution < 1.29 is 4.79 Å². The van der Waals surface area contributed by atoms with Crippen molar-refractivity contribution >= 4 is 22.6 Å². The van der Waals surface area contributed by atoms with Gasteiger partial charge in [0.25, 0.3) is 0 Å². The molecule has 2 aliphatic heterocycles. The van der Waals surface area contributed by atoms with Gasteiger partial charge in [-0.25, -0.2) is 0 Å². The number of likely N-dealkylation sites (tertiary alicyclic amines) is 1. The first-order valence-corrected chi connectivity index (χ1v) is 9.46. The summed E-state index contributed by atoms with van der Waals surface area (Å²) in [5.41, 5.74) is 2.96. The topological polar surface area (TPSA) is 85.2 Å². The zero-order valence-electron chi connectivity index (χ0n) is 15.7. The zero-order chi connectivity index (χ0) is 19.0. The van der Waals surface area contributed by atoms with Crippen molar-refractivity contribution in [1.29, 1.82) is 5.26 Å². The molecule has 2 aromatic rings. The van der Waals surface area contributed by atoms with Crippen LogP contribution in [0.1, 0.15) is 25.3 Å².